The van der Waals surface area contributed by atoms with E-state index in [1.807, 2.05) is 12.4 Å². The first-order valence-corrected chi connectivity index (χ1v) is 6.79. The Kier molecular flexibility index (Phi) is 3.92. The molecule has 2 rings (SSSR count). The van der Waals surface area contributed by atoms with Gasteiger partial charge < -0.3 is 5.73 Å². The van der Waals surface area contributed by atoms with Crippen LogP contribution in [0.2, 0.25) is 0 Å². The summed E-state index contributed by atoms with van der Waals surface area (Å²) in [5, 5.41) is 0. The van der Waals surface area contributed by atoms with Crippen molar-refractivity contribution in [2.75, 3.05) is 0 Å². The lowest BCUT2D eigenvalue weighted by Crippen LogP contribution is -2.07. The van der Waals surface area contributed by atoms with E-state index in [2.05, 4.69) is 37.0 Å². The molecule has 0 fully saturated rings. The largest absolute Gasteiger partial charge is 0.323 e. The van der Waals surface area contributed by atoms with E-state index in [-0.39, 0.29) is 6.04 Å². The lowest BCUT2D eigenvalue weighted by atomic mass is 10.1. The fourth-order valence-corrected chi connectivity index (χ4v) is 2.88. The van der Waals surface area contributed by atoms with Crippen LogP contribution in [0.15, 0.2) is 30.6 Å². The quantitative estimate of drug-likeness (QED) is 0.888. The molecule has 0 amide bonds. The van der Waals surface area contributed by atoms with Crippen molar-refractivity contribution in [3.05, 3.63) is 41.0 Å². The van der Waals surface area contributed by atoms with Gasteiger partial charge in [0.1, 0.15) is 0 Å². The maximum Gasteiger partial charge on any atom is 0.0389 e. The zero-order valence-electron chi connectivity index (χ0n) is 10.3. The molecule has 1 unspecified atom stereocenters. The average molecular weight is 246 g/mol. The van der Waals surface area contributed by atoms with Crippen molar-refractivity contribution in [1.29, 1.82) is 0 Å². The van der Waals surface area contributed by atoms with Crippen molar-refractivity contribution in [3.63, 3.8) is 0 Å². The normalized spacial score (nSPS) is 12.6. The Morgan fingerprint density at radius 3 is 2.88 bits per heavy atom. The molecular formula is C14H18N2S. The van der Waals surface area contributed by atoms with Crippen molar-refractivity contribution < 1.29 is 0 Å². The highest BCUT2D eigenvalue weighted by Gasteiger charge is 2.09. The molecule has 17 heavy (non-hydrogen) atoms. The lowest BCUT2D eigenvalue weighted by Gasteiger charge is -2.06. The van der Waals surface area contributed by atoms with Crippen LogP contribution in [0.1, 0.15) is 36.2 Å². The first kappa shape index (κ1) is 12.3. The Bertz CT molecular complexity index is 490. The van der Waals surface area contributed by atoms with Gasteiger partial charge in [0.15, 0.2) is 0 Å². The van der Waals surface area contributed by atoms with E-state index in [1.54, 1.807) is 11.3 Å². The second-order valence-electron chi connectivity index (χ2n) is 4.35. The van der Waals surface area contributed by atoms with Crippen LogP contribution < -0.4 is 5.73 Å². The van der Waals surface area contributed by atoms with Crippen molar-refractivity contribution >= 4 is 11.3 Å². The van der Waals surface area contributed by atoms with Gasteiger partial charge in [-0.05, 0) is 37.1 Å². The number of nitrogens with two attached hydrogens (primary N) is 1. The Labute approximate surface area is 107 Å². The first-order valence-electron chi connectivity index (χ1n) is 5.98. The maximum absolute atomic E-state index is 6.12. The van der Waals surface area contributed by atoms with Gasteiger partial charge in [-0.25, -0.2) is 0 Å². The fourth-order valence-electron chi connectivity index (χ4n) is 1.85. The fraction of sp³-hybridized carbons (Fsp3) is 0.357. The summed E-state index contributed by atoms with van der Waals surface area (Å²) in [5.41, 5.74) is 8.50. The highest BCUT2D eigenvalue weighted by molar-refractivity contribution is 7.15. The summed E-state index contributed by atoms with van der Waals surface area (Å²) in [7, 11) is 0. The van der Waals surface area contributed by atoms with Gasteiger partial charge in [-0.2, -0.15) is 0 Å². The Morgan fingerprint density at radius 2 is 2.18 bits per heavy atom. The number of hydrogen-bond donors (Lipinski definition) is 1. The van der Waals surface area contributed by atoms with E-state index in [4.69, 9.17) is 5.73 Å². The number of hydrogen-bond acceptors (Lipinski definition) is 3. The molecule has 0 bridgehead atoms. The lowest BCUT2D eigenvalue weighted by molar-refractivity contribution is 0.648. The number of aromatic nitrogens is 1. The molecule has 0 radical (unpaired) electrons. The van der Waals surface area contributed by atoms with E-state index < -0.39 is 0 Å². The third-order valence-corrected chi connectivity index (χ3v) is 4.02. The number of rotatable bonds is 4. The minimum Gasteiger partial charge on any atom is -0.323 e. The van der Waals surface area contributed by atoms with Crippen LogP contribution in [0.5, 0.6) is 0 Å². The Hall–Kier alpha value is -1.19. The molecule has 0 aliphatic carbocycles. The number of thiophene rings is 1. The minimum absolute atomic E-state index is 0.177. The van der Waals surface area contributed by atoms with Gasteiger partial charge in [0, 0.05) is 33.8 Å². The molecule has 2 heterocycles. The summed E-state index contributed by atoms with van der Waals surface area (Å²) in [4.78, 5) is 6.75. The summed E-state index contributed by atoms with van der Waals surface area (Å²) >= 11 is 1.78. The van der Waals surface area contributed by atoms with Crippen LogP contribution in [0.25, 0.3) is 10.4 Å². The molecule has 0 aliphatic rings. The minimum atomic E-state index is 0.177. The summed E-state index contributed by atoms with van der Waals surface area (Å²) in [6.45, 7) is 4.23. The predicted molar refractivity (Wildman–Crippen MR) is 74.1 cm³/mol. The zero-order chi connectivity index (χ0) is 12.3. The summed E-state index contributed by atoms with van der Waals surface area (Å²) < 4.78 is 0. The van der Waals surface area contributed by atoms with Gasteiger partial charge in [0.25, 0.3) is 0 Å². The third-order valence-electron chi connectivity index (χ3n) is 2.75. The van der Waals surface area contributed by atoms with Crippen molar-refractivity contribution in [3.8, 4) is 10.4 Å². The molecule has 3 heteroatoms. The third kappa shape index (κ3) is 2.93. The smallest absolute Gasteiger partial charge is 0.0389 e. The molecule has 90 valence electrons. The van der Waals surface area contributed by atoms with E-state index in [9.17, 15) is 0 Å². The van der Waals surface area contributed by atoms with Crippen LogP contribution in [0.4, 0.5) is 0 Å². The molecule has 0 aromatic carbocycles. The zero-order valence-corrected chi connectivity index (χ0v) is 11.1. The van der Waals surface area contributed by atoms with E-state index in [0.29, 0.717) is 0 Å². The highest BCUT2D eigenvalue weighted by Crippen LogP contribution is 2.31. The topological polar surface area (TPSA) is 38.9 Å². The standard InChI is InChI=1S/C14H18N2S/c1-3-4-12(15)14-6-5-13(17-14)11-7-10(2)8-16-9-11/h5-9,12H,3-4,15H2,1-2H3. The molecule has 0 spiro atoms. The summed E-state index contributed by atoms with van der Waals surface area (Å²) in [6.07, 6.45) is 5.96. The molecule has 2 aromatic rings. The average Bonchev–Trinajstić information content (AvgIpc) is 2.78. The van der Waals surface area contributed by atoms with Gasteiger partial charge in [0.05, 0.1) is 0 Å². The highest BCUT2D eigenvalue weighted by atomic mass is 32.1. The predicted octanol–water partition coefficient (Wildman–Crippen LogP) is 3.92. The van der Waals surface area contributed by atoms with Crippen LogP contribution in [0, 0.1) is 6.92 Å². The molecule has 0 aliphatic heterocycles. The van der Waals surface area contributed by atoms with Gasteiger partial charge >= 0.3 is 0 Å². The SMILES string of the molecule is CCCC(N)c1ccc(-c2cncc(C)c2)s1. The number of nitrogens with zero attached hydrogens (tertiary/aromatic N) is 1. The van der Waals surface area contributed by atoms with E-state index >= 15 is 0 Å². The second kappa shape index (κ2) is 5.43. The molecule has 2 aromatic heterocycles. The van der Waals surface area contributed by atoms with Crippen molar-refractivity contribution in [1.82, 2.24) is 4.98 Å². The van der Waals surface area contributed by atoms with Crippen molar-refractivity contribution in [2.24, 2.45) is 5.73 Å². The molecule has 2 nitrogen and oxygen atoms in total. The number of pyridine rings is 1. The monoisotopic (exact) mass is 246 g/mol. The molecule has 2 N–H and O–H groups in total. The van der Waals surface area contributed by atoms with Crippen LogP contribution in [-0.2, 0) is 0 Å². The van der Waals surface area contributed by atoms with Crippen LogP contribution >= 0.6 is 11.3 Å². The molecule has 1 atom stereocenters. The van der Waals surface area contributed by atoms with E-state index in [1.165, 1.54) is 20.9 Å². The number of aryl methyl sites for hydroxylation is 1. The van der Waals surface area contributed by atoms with Gasteiger partial charge in [-0.1, -0.05) is 13.3 Å². The molecule has 0 saturated carbocycles. The van der Waals surface area contributed by atoms with Crippen molar-refractivity contribution in [2.45, 2.75) is 32.7 Å². The second-order valence-corrected chi connectivity index (χ2v) is 5.46. The first-order chi connectivity index (χ1) is 8.20. The Morgan fingerprint density at radius 1 is 1.35 bits per heavy atom. The van der Waals surface area contributed by atoms with Crippen LogP contribution in [0.3, 0.4) is 0 Å². The Balaban J connectivity index is 2.23. The van der Waals surface area contributed by atoms with E-state index in [0.717, 1.165) is 12.8 Å². The van der Waals surface area contributed by atoms with Gasteiger partial charge in [0.2, 0.25) is 0 Å². The summed E-state index contributed by atoms with van der Waals surface area (Å²) in [5.74, 6) is 0. The van der Waals surface area contributed by atoms with Gasteiger partial charge in [-0.3, -0.25) is 4.98 Å². The summed E-state index contributed by atoms with van der Waals surface area (Å²) in [6, 6.07) is 6.62. The maximum atomic E-state index is 6.12. The molecular weight excluding hydrogens is 228 g/mol. The van der Waals surface area contributed by atoms with Crippen LogP contribution in [-0.4, -0.2) is 4.98 Å². The van der Waals surface area contributed by atoms with Gasteiger partial charge in [-0.15, -0.1) is 11.3 Å². The molecule has 0 saturated heterocycles.